The lowest BCUT2D eigenvalue weighted by Gasteiger charge is -2.07. The van der Waals surface area contributed by atoms with Crippen LogP contribution in [0.5, 0.6) is 0 Å². The smallest absolute Gasteiger partial charge is 0.217 e. The van der Waals surface area contributed by atoms with E-state index in [1.54, 1.807) is 0 Å². The van der Waals surface area contributed by atoms with Gasteiger partial charge in [-0.25, -0.2) is 4.57 Å². The second-order valence-electron chi connectivity index (χ2n) is 9.47. The van der Waals surface area contributed by atoms with Crippen LogP contribution in [-0.4, -0.2) is 9.61 Å². The van der Waals surface area contributed by atoms with Gasteiger partial charge in [-0.3, -0.25) is 0 Å². The first-order valence-electron chi connectivity index (χ1n) is 12.4. The van der Waals surface area contributed by atoms with Gasteiger partial charge in [-0.05, 0) is 39.4 Å². The van der Waals surface area contributed by atoms with Crippen molar-refractivity contribution >= 4 is 49.1 Å². The topological polar surface area (TPSA) is 21.2 Å². The molecule has 2 heterocycles. The number of hydrogen-bond acceptors (Lipinski definition) is 1. The largest absolute Gasteiger partial charge is 0.317 e. The molecule has 0 aliphatic carbocycles. The van der Waals surface area contributed by atoms with Gasteiger partial charge in [0.1, 0.15) is 12.1 Å². The van der Waals surface area contributed by atoms with Crippen LogP contribution >= 0.6 is 0 Å². The van der Waals surface area contributed by atoms with Crippen LogP contribution in [0.1, 0.15) is 5.56 Å². The lowest BCUT2D eigenvalue weighted by molar-refractivity contribution is -0.636. The Morgan fingerprint density at radius 1 is 0.611 bits per heavy atom. The van der Waals surface area contributed by atoms with Gasteiger partial charge in [-0.1, -0.05) is 119 Å². The van der Waals surface area contributed by atoms with Crippen LogP contribution in [0.25, 0.3) is 60.3 Å². The van der Waals surface area contributed by atoms with Crippen LogP contribution in [0.4, 0.5) is 0 Å². The molecule has 0 atom stereocenters. The Hall–Kier alpha value is -4.76. The molecule has 3 nitrogen and oxygen atoms in total. The molecule has 3 heteroatoms. The maximum atomic E-state index is 5.37. The van der Waals surface area contributed by atoms with Crippen molar-refractivity contribution in [3.05, 3.63) is 127 Å². The maximum Gasteiger partial charge on any atom is 0.317 e. The third-order valence-electron chi connectivity index (χ3n) is 7.44. The zero-order chi connectivity index (χ0) is 23.6. The number of nitrogens with zero attached hydrogens (tertiary/aromatic N) is 3. The summed E-state index contributed by atoms with van der Waals surface area (Å²) in [6.07, 6.45) is 0. The molecule has 0 bridgehead atoms. The van der Waals surface area contributed by atoms with E-state index in [4.69, 9.17) is 5.10 Å². The van der Waals surface area contributed by atoms with E-state index < -0.39 is 0 Å². The lowest BCUT2D eigenvalue weighted by Crippen LogP contribution is -2.34. The molecule has 0 radical (unpaired) electrons. The number of benzene rings is 5. The maximum absolute atomic E-state index is 5.37. The molecular weight excluding hydrogens is 438 g/mol. The minimum absolute atomic E-state index is 0.773. The predicted molar refractivity (Wildman–Crippen MR) is 148 cm³/mol. The standard InChI is InChI=1S/C33H22N3/c1-3-11-22(12-4-1)21-35-27-19-7-8-20-28(27)36-33(35)30(24-13-5-2-6-14-24)31-25-17-9-15-23-16-10-18-26(29(23)25)32(31)34-36/h1-20H,21H2/q+1. The summed E-state index contributed by atoms with van der Waals surface area (Å²) in [6.45, 7) is 0.773. The van der Waals surface area contributed by atoms with Crippen molar-refractivity contribution < 1.29 is 4.57 Å². The highest BCUT2D eigenvalue weighted by molar-refractivity contribution is 6.32. The number of para-hydroxylation sites is 2. The molecule has 0 N–H and O–H groups in total. The first-order valence-corrected chi connectivity index (χ1v) is 12.4. The Morgan fingerprint density at radius 3 is 2.11 bits per heavy atom. The minimum Gasteiger partial charge on any atom is -0.217 e. The monoisotopic (exact) mass is 460 g/mol. The van der Waals surface area contributed by atoms with Crippen molar-refractivity contribution in [3.63, 3.8) is 0 Å². The molecular formula is C33H22N3+. The minimum atomic E-state index is 0.773. The molecule has 0 spiro atoms. The van der Waals surface area contributed by atoms with E-state index in [-0.39, 0.29) is 0 Å². The van der Waals surface area contributed by atoms with Gasteiger partial charge >= 0.3 is 5.65 Å². The van der Waals surface area contributed by atoms with Crippen LogP contribution in [0, 0.1) is 0 Å². The fourth-order valence-corrected chi connectivity index (χ4v) is 5.94. The Labute approximate surface area is 207 Å². The molecule has 0 aliphatic heterocycles. The molecule has 0 amide bonds. The van der Waals surface area contributed by atoms with E-state index in [1.165, 1.54) is 49.1 Å². The van der Waals surface area contributed by atoms with Crippen molar-refractivity contribution in [3.8, 4) is 11.1 Å². The van der Waals surface area contributed by atoms with Gasteiger partial charge in [0.25, 0.3) is 0 Å². The van der Waals surface area contributed by atoms with E-state index in [9.17, 15) is 0 Å². The number of hydrogen-bond donors (Lipinski definition) is 0. The van der Waals surface area contributed by atoms with Crippen LogP contribution in [0.15, 0.2) is 121 Å². The quantitative estimate of drug-likeness (QED) is 0.252. The molecule has 8 rings (SSSR count). The molecule has 6 aromatic carbocycles. The Kier molecular flexibility index (Phi) is 4.00. The molecule has 8 aromatic rings. The first-order chi connectivity index (χ1) is 17.9. The third kappa shape index (κ3) is 2.63. The molecule has 168 valence electrons. The summed E-state index contributed by atoms with van der Waals surface area (Å²) in [5.74, 6) is 0. The fraction of sp³-hybridized carbons (Fsp3) is 0.0303. The number of aromatic nitrogens is 3. The highest BCUT2D eigenvalue weighted by atomic mass is 15.3. The summed E-state index contributed by atoms with van der Waals surface area (Å²) >= 11 is 0. The fourth-order valence-electron chi connectivity index (χ4n) is 5.94. The summed E-state index contributed by atoms with van der Waals surface area (Å²) in [6, 6.07) is 43.3. The summed E-state index contributed by atoms with van der Waals surface area (Å²) in [4.78, 5) is 0. The van der Waals surface area contributed by atoms with Crippen LogP contribution in [-0.2, 0) is 6.54 Å². The first kappa shape index (κ1) is 19.5. The summed E-state index contributed by atoms with van der Waals surface area (Å²) < 4.78 is 4.60. The number of rotatable bonds is 3. The van der Waals surface area contributed by atoms with E-state index in [0.29, 0.717) is 0 Å². The molecule has 0 fully saturated rings. The SMILES string of the molecule is c1ccc(C[n+]2c3ccccc3n3nc4c5cccc6cccc(c4c(-c4ccccc4)c32)c65)cc1. The van der Waals surface area contributed by atoms with E-state index in [0.717, 1.165) is 23.2 Å². The molecule has 0 aliphatic rings. The summed E-state index contributed by atoms with van der Waals surface area (Å²) in [5, 5.41) is 11.6. The van der Waals surface area contributed by atoms with Gasteiger partial charge < -0.3 is 0 Å². The average Bonchev–Trinajstić information content (AvgIpc) is 3.43. The normalized spacial score (nSPS) is 12.0. The van der Waals surface area contributed by atoms with Crippen molar-refractivity contribution in [1.82, 2.24) is 9.61 Å². The Bertz CT molecular complexity index is 2050. The van der Waals surface area contributed by atoms with Gasteiger partial charge in [0.2, 0.25) is 5.52 Å². The van der Waals surface area contributed by atoms with Crippen molar-refractivity contribution in [2.45, 2.75) is 6.54 Å². The average molecular weight is 461 g/mol. The second kappa shape index (κ2) is 7.37. The highest BCUT2D eigenvalue weighted by Crippen LogP contribution is 2.43. The second-order valence-corrected chi connectivity index (χ2v) is 9.47. The Morgan fingerprint density at radius 2 is 1.31 bits per heavy atom. The van der Waals surface area contributed by atoms with Crippen molar-refractivity contribution in [2.24, 2.45) is 0 Å². The zero-order valence-corrected chi connectivity index (χ0v) is 19.6. The lowest BCUT2D eigenvalue weighted by atomic mass is 10.0. The molecule has 2 aromatic heterocycles. The molecule has 36 heavy (non-hydrogen) atoms. The number of fused-ring (bicyclic) bond motifs is 6. The van der Waals surface area contributed by atoms with Gasteiger partial charge in [-0.15, -0.1) is 0 Å². The van der Waals surface area contributed by atoms with Crippen LogP contribution in [0.3, 0.4) is 0 Å². The van der Waals surface area contributed by atoms with E-state index >= 15 is 0 Å². The van der Waals surface area contributed by atoms with Gasteiger partial charge in [-0.2, -0.15) is 0 Å². The third-order valence-corrected chi connectivity index (χ3v) is 7.44. The van der Waals surface area contributed by atoms with Crippen molar-refractivity contribution in [1.29, 1.82) is 0 Å². The zero-order valence-electron chi connectivity index (χ0n) is 19.6. The van der Waals surface area contributed by atoms with Gasteiger partial charge in [0.05, 0.1) is 5.56 Å². The molecule has 0 unspecified atom stereocenters. The summed E-state index contributed by atoms with van der Waals surface area (Å²) in [7, 11) is 0. The molecule has 0 saturated carbocycles. The van der Waals surface area contributed by atoms with E-state index in [2.05, 4.69) is 130 Å². The van der Waals surface area contributed by atoms with Crippen LogP contribution < -0.4 is 4.57 Å². The predicted octanol–water partition coefficient (Wildman–Crippen LogP) is 7.39. The Balaban J connectivity index is 1.65. The van der Waals surface area contributed by atoms with Gasteiger partial charge in [0.15, 0.2) is 5.52 Å². The number of imidazole rings is 1. The highest BCUT2D eigenvalue weighted by Gasteiger charge is 2.29. The van der Waals surface area contributed by atoms with Crippen molar-refractivity contribution in [2.75, 3.05) is 0 Å². The van der Waals surface area contributed by atoms with E-state index in [1.807, 2.05) is 0 Å². The van der Waals surface area contributed by atoms with Gasteiger partial charge in [0, 0.05) is 10.8 Å². The molecule has 0 saturated heterocycles. The summed E-state index contributed by atoms with van der Waals surface area (Å²) in [5.41, 5.74) is 8.18. The van der Waals surface area contributed by atoms with Crippen LogP contribution in [0.2, 0.25) is 0 Å².